The molecule has 1 unspecified atom stereocenters. The van der Waals surface area contributed by atoms with Crippen molar-refractivity contribution in [2.45, 2.75) is 114 Å². The van der Waals surface area contributed by atoms with Crippen molar-refractivity contribution in [3.05, 3.63) is 184 Å². The first-order valence-corrected chi connectivity index (χ1v) is 34.1. The lowest BCUT2D eigenvalue weighted by molar-refractivity contribution is 0.0802. The first-order valence-electron chi connectivity index (χ1n) is 25.5. The van der Waals surface area contributed by atoms with Crippen molar-refractivity contribution in [2.24, 2.45) is 0 Å². The maximum Gasteiger partial charge on any atom is 0.298 e. The molecule has 458 valence electrons. The van der Waals surface area contributed by atoms with Gasteiger partial charge >= 0.3 is 0 Å². The normalized spacial score (nSPS) is 13.6. The van der Waals surface area contributed by atoms with E-state index < -0.39 is 141 Å². The van der Waals surface area contributed by atoms with Crippen LogP contribution in [0.4, 0.5) is 0 Å². The summed E-state index contributed by atoms with van der Waals surface area (Å²) in [5.74, 6) is -3.87. The van der Waals surface area contributed by atoms with Crippen LogP contribution in [-0.4, -0.2) is 95.0 Å². The van der Waals surface area contributed by atoms with Gasteiger partial charge in [-0.05, 0) is 152 Å². The van der Waals surface area contributed by atoms with Gasteiger partial charge in [0.05, 0.1) is 14.7 Å². The number of carbonyl (C=O) groups excluding carboxylic acids is 2. The van der Waals surface area contributed by atoms with Crippen LogP contribution < -0.4 is 14.2 Å². The molecule has 7 aromatic rings. The zero-order chi connectivity index (χ0) is 64.1. The highest BCUT2D eigenvalue weighted by atomic mass is 32.2. The molecule has 7 rings (SSSR count). The topological polar surface area (TPSA) is 388 Å². The molecule has 7 aromatic carbocycles. The highest BCUT2D eigenvalue weighted by molar-refractivity contribution is 7.87. The van der Waals surface area contributed by atoms with Gasteiger partial charge in [0.1, 0.15) is 43.3 Å². The Morgan fingerprint density at radius 1 is 0.384 bits per heavy atom. The van der Waals surface area contributed by atoms with Gasteiger partial charge in [0.25, 0.3) is 60.7 Å². The fourth-order valence-electron chi connectivity index (χ4n) is 9.08. The largest absolute Gasteiger partial charge is 0.488 e. The van der Waals surface area contributed by atoms with Gasteiger partial charge < -0.3 is 14.2 Å². The lowest BCUT2D eigenvalue weighted by Gasteiger charge is -2.33. The Morgan fingerprint density at radius 2 is 0.744 bits per heavy atom. The minimum absolute atomic E-state index is 0.0180. The Morgan fingerprint density at radius 3 is 1.14 bits per heavy atom. The molecule has 0 bridgehead atoms. The second-order valence-electron chi connectivity index (χ2n) is 20.8. The van der Waals surface area contributed by atoms with E-state index in [9.17, 15) is 87.4 Å². The third-order valence-corrected chi connectivity index (χ3v) is 19.9. The Bertz CT molecular complexity index is 4460. The summed E-state index contributed by atoms with van der Waals surface area (Å²) in [5.41, 5.74) is -3.12. The van der Waals surface area contributed by atoms with Crippen molar-refractivity contribution < 1.29 is 102 Å². The van der Waals surface area contributed by atoms with E-state index in [1.807, 2.05) is 20.8 Å². The van der Waals surface area contributed by atoms with E-state index in [1.54, 1.807) is 64.1 Å². The minimum Gasteiger partial charge on any atom is -0.488 e. The number of hydrogen-bond acceptors (Lipinski definition) is 17. The van der Waals surface area contributed by atoms with E-state index in [1.165, 1.54) is 54.6 Å². The predicted octanol–water partition coefficient (Wildman–Crippen LogP) is 10.2. The van der Waals surface area contributed by atoms with Crippen LogP contribution >= 0.6 is 0 Å². The van der Waals surface area contributed by atoms with Crippen molar-refractivity contribution in [1.82, 2.24) is 0 Å². The molecule has 1 atom stereocenters. The molecule has 6 N–H and O–H groups in total. The maximum atomic E-state index is 13.8. The number of benzene rings is 7. The summed E-state index contributed by atoms with van der Waals surface area (Å²) in [7, 11) is -31.8. The summed E-state index contributed by atoms with van der Waals surface area (Å²) in [4.78, 5) is 20.8. The first-order chi connectivity index (χ1) is 39.5. The Kier molecular flexibility index (Phi) is 18.3. The van der Waals surface area contributed by atoms with Crippen molar-refractivity contribution in [2.75, 3.05) is 0 Å². The van der Waals surface area contributed by atoms with Gasteiger partial charge in [-0.3, -0.25) is 36.9 Å². The average Bonchev–Trinajstić information content (AvgIpc) is 0.897. The number of rotatable bonds is 23. The quantitative estimate of drug-likeness (QED) is 0.0197. The number of ether oxygens (including phenoxy) is 3. The molecule has 0 amide bonds. The molecular formula is C57H56O23S6. The van der Waals surface area contributed by atoms with E-state index in [0.717, 1.165) is 18.2 Å². The van der Waals surface area contributed by atoms with Gasteiger partial charge in [-0.1, -0.05) is 83.1 Å². The van der Waals surface area contributed by atoms with Gasteiger partial charge in [0, 0.05) is 27.7 Å². The fourth-order valence-corrected chi connectivity index (χ4v) is 13.2. The molecule has 0 aliphatic carbocycles. The Labute approximate surface area is 497 Å². The summed E-state index contributed by atoms with van der Waals surface area (Å²) in [6.07, 6.45) is 1.83. The number of ketones is 2. The smallest absolute Gasteiger partial charge is 0.298 e. The van der Waals surface area contributed by atoms with Gasteiger partial charge in [0.2, 0.25) is 0 Å². The van der Waals surface area contributed by atoms with Gasteiger partial charge in [-0.15, -0.1) is 0 Å². The SMILES string of the molecule is CCC(C)(CC)Oc1ccc(C(C)(c2ccc(Oc3ccc(C(=O)c4ccc(C(C)(C)CC)c(S(=O)(=O)O)c4)cc3S(=O)(=O)O)cc2)c2ccc(Oc3c(S(=O)(=O)O)cc(C(=O)c4cc(S(=O)(=O)O)cc(S(=O)(=O)O)c4)cc3S(=O)(=O)O)cc2)cc1. The van der Waals surface area contributed by atoms with Crippen molar-refractivity contribution in [3.63, 3.8) is 0 Å². The zero-order valence-electron chi connectivity index (χ0n) is 46.5. The molecule has 0 aliphatic heterocycles. The molecule has 23 nitrogen and oxygen atoms in total. The maximum absolute atomic E-state index is 13.8. The molecule has 0 saturated carbocycles. The van der Waals surface area contributed by atoms with Crippen molar-refractivity contribution >= 4 is 72.3 Å². The molecule has 0 spiro atoms. The summed E-state index contributed by atoms with van der Waals surface area (Å²) in [5, 5.41) is 0. The molecule has 0 aliphatic rings. The summed E-state index contributed by atoms with van der Waals surface area (Å²) in [6, 6.07) is 27.3. The summed E-state index contributed by atoms with van der Waals surface area (Å²) < 4.78 is 229. The van der Waals surface area contributed by atoms with Crippen LogP contribution in [0.1, 0.15) is 122 Å². The third-order valence-electron chi connectivity index (χ3n) is 14.8. The van der Waals surface area contributed by atoms with E-state index in [4.69, 9.17) is 14.2 Å². The van der Waals surface area contributed by atoms with Crippen LogP contribution in [0.5, 0.6) is 28.7 Å². The molecular weight excluding hydrogens is 1250 g/mol. The van der Waals surface area contributed by atoms with Crippen molar-refractivity contribution in [3.8, 4) is 28.7 Å². The molecule has 0 radical (unpaired) electrons. The molecule has 0 aromatic heterocycles. The van der Waals surface area contributed by atoms with Gasteiger partial charge in [0.15, 0.2) is 17.3 Å². The van der Waals surface area contributed by atoms with Crippen LogP contribution in [0.15, 0.2) is 169 Å². The van der Waals surface area contributed by atoms with Crippen LogP contribution in [0.2, 0.25) is 0 Å². The molecule has 0 saturated heterocycles. The second-order valence-corrected chi connectivity index (χ2v) is 29.2. The molecule has 29 heteroatoms. The van der Waals surface area contributed by atoms with E-state index in [2.05, 4.69) is 0 Å². The minimum atomic E-state index is -5.64. The molecule has 86 heavy (non-hydrogen) atoms. The number of hydrogen-bond donors (Lipinski definition) is 6. The lowest BCUT2D eigenvalue weighted by atomic mass is 9.71. The summed E-state index contributed by atoms with van der Waals surface area (Å²) >= 11 is 0. The number of carbonyl (C=O) groups is 2. The summed E-state index contributed by atoms with van der Waals surface area (Å²) in [6.45, 7) is 13.0. The van der Waals surface area contributed by atoms with E-state index in [0.29, 0.717) is 66.0 Å². The fraction of sp³-hybridized carbons (Fsp3) is 0.228. The molecule has 0 heterocycles. The highest BCUT2D eigenvalue weighted by Gasteiger charge is 2.35. The van der Waals surface area contributed by atoms with Gasteiger partial charge in [-0.2, -0.15) is 50.5 Å². The van der Waals surface area contributed by atoms with Crippen LogP contribution in [0.3, 0.4) is 0 Å². The monoisotopic (exact) mass is 1300 g/mol. The average molecular weight is 1300 g/mol. The zero-order valence-corrected chi connectivity index (χ0v) is 51.4. The van der Waals surface area contributed by atoms with E-state index in [-0.39, 0.29) is 34.3 Å². The van der Waals surface area contributed by atoms with Gasteiger partial charge in [-0.25, -0.2) is 0 Å². The van der Waals surface area contributed by atoms with E-state index >= 15 is 0 Å². The van der Waals surface area contributed by atoms with Crippen LogP contribution in [0, 0.1) is 0 Å². The van der Waals surface area contributed by atoms with Crippen LogP contribution in [0.25, 0.3) is 0 Å². The predicted molar refractivity (Wildman–Crippen MR) is 309 cm³/mol. The standard InChI is InChI=1S/C57H56O23S6/c1-8-55(4,5)46-25-11-34(29-48(46)83(66,67)68)52(58)35-12-26-47(49(30-35)84(69,70)71)78-41-19-13-38(14-20-41)57(7,40-17-23-43(24-18-40)80-56(6,9-2)10-3)39-15-21-42(22-16-39)79-54-50(85(72,73)74)31-37(32-51(54)86(75,76)77)53(59)36-27-44(81(60,61)62)33-45(28-36)82(63,64)65/h11-33H,8-10H2,1-7H3,(H,60,61,62)(H,63,64,65)(H,66,67,68)(H,69,70,71)(H,72,73,74)(H,75,76,77). The Balaban J connectivity index is 1.28. The first kappa shape index (κ1) is 66.3. The van der Waals surface area contributed by atoms with Crippen LogP contribution in [-0.2, 0) is 71.5 Å². The highest BCUT2D eigenvalue weighted by Crippen LogP contribution is 2.44. The molecule has 0 fully saturated rings. The third kappa shape index (κ3) is 14.4. The Hall–Kier alpha value is -7.26. The van der Waals surface area contributed by atoms with Crippen molar-refractivity contribution in [1.29, 1.82) is 0 Å². The second kappa shape index (κ2) is 23.8. The lowest BCUT2D eigenvalue weighted by Crippen LogP contribution is -2.30.